The molecule has 68 valence electrons. The highest BCUT2D eigenvalue weighted by Crippen LogP contribution is 2.20. The molecule has 0 aliphatic rings. The Bertz CT molecular complexity index is 334. The van der Waals surface area contributed by atoms with Gasteiger partial charge in [-0.25, -0.2) is 0 Å². The lowest BCUT2D eigenvalue weighted by atomic mass is 10.0. The van der Waals surface area contributed by atoms with E-state index >= 15 is 0 Å². The van der Waals surface area contributed by atoms with E-state index in [2.05, 4.69) is 0 Å². The van der Waals surface area contributed by atoms with E-state index in [4.69, 9.17) is 11.6 Å². The van der Waals surface area contributed by atoms with Gasteiger partial charge in [0.15, 0.2) is 6.29 Å². The van der Waals surface area contributed by atoms with Crippen LogP contribution in [-0.4, -0.2) is 12.6 Å². The number of hydrogen-bond donors (Lipinski definition) is 0. The molecule has 1 atom stereocenters. The molecule has 0 saturated carbocycles. The molecule has 1 aromatic carbocycles. The molecule has 0 spiro atoms. The summed E-state index contributed by atoms with van der Waals surface area (Å²) < 4.78 is 0. The molecule has 0 aliphatic heterocycles. The smallest absolute Gasteiger partial charge is 0.151 e. The minimum Gasteiger partial charge on any atom is -0.303 e. The minimum absolute atomic E-state index is 0.198. The number of halogens is 1. The molecule has 0 bridgehead atoms. The molecular weight excluding hydrogens is 188 g/mol. The summed E-state index contributed by atoms with van der Waals surface area (Å²) in [7, 11) is 0. The van der Waals surface area contributed by atoms with E-state index in [0.29, 0.717) is 16.9 Å². The fourth-order valence-corrected chi connectivity index (χ4v) is 1.18. The number of carbonyl (C=O) groups excluding carboxylic acids is 2. The van der Waals surface area contributed by atoms with E-state index in [9.17, 15) is 9.59 Å². The molecule has 0 aliphatic carbocycles. The van der Waals surface area contributed by atoms with Crippen LogP contribution in [0.25, 0.3) is 0 Å². The van der Waals surface area contributed by atoms with Crippen molar-refractivity contribution in [2.45, 2.75) is 12.8 Å². The first-order chi connectivity index (χ1) is 6.19. The van der Waals surface area contributed by atoms with E-state index < -0.39 is 0 Å². The van der Waals surface area contributed by atoms with Crippen molar-refractivity contribution < 1.29 is 9.59 Å². The van der Waals surface area contributed by atoms with Gasteiger partial charge in [-0.15, -0.1) is 0 Å². The summed E-state index contributed by atoms with van der Waals surface area (Å²) in [5.41, 5.74) is 1.23. The lowest BCUT2D eigenvalue weighted by molar-refractivity contribution is -0.108. The third-order valence-corrected chi connectivity index (χ3v) is 2.22. The molecule has 3 heteroatoms. The molecule has 1 aromatic rings. The Labute approximate surface area is 81.5 Å². The number of hydrogen-bond acceptors (Lipinski definition) is 2. The Balaban J connectivity index is 3.12. The van der Waals surface area contributed by atoms with Gasteiger partial charge in [0.2, 0.25) is 0 Å². The second kappa shape index (κ2) is 4.19. The Morgan fingerprint density at radius 2 is 2.08 bits per heavy atom. The summed E-state index contributed by atoms with van der Waals surface area (Å²) in [6, 6.07) is 5.00. The summed E-state index contributed by atoms with van der Waals surface area (Å²) in [6.45, 7) is 1.77. The van der Waals surface area contributed by atoms with Crippen molar-refractivity contribution in [3.05, 3.63) is 34.3 Å². The zero-order valence-electron chi connectivity index (χ0n) is 7.16. The standard InChI is InChI=1S/C10H9ClO2/c1-7(5-12)8-2-3-10(11)9(4-8)6-13/h2-7H,1H3. The van der Waals surface area contributed by atoms with Gasteiger partial charge in [0.05, 0.1) is 5.02 Å². The lowest BCUT2D eigenvalue weighted by Gasteiger charge is -2.05. The van der Waals surface area contributed by atoms with Crippen molar-refractivity contribution in [1.82, 2.24) is 0 Å². The van der Waals surface area contributed by atoms with Crippen LogP contribution in [0.1, 0.15) is 28.8 Å². The first kappa shape index (κ1) is 9.93. The van der Waals surface area contributed by atoms with Crippen LogP contribution in [0.3, 0.4) is 0 Å². The normalized spacial score (nSPS) is 12.2. The average molecular weight is 197 g/mol. The van der Waals surface area contributed by atoms with Crippen LogP contribution >= 0.6 is 11.6 Å². The molecule has 1 rings (SSSR count). The number of benzene rings is 1. The molecular formula is C10H9ClO2. The Kier molecular flexibility index (Phi) is 3.20. The maximum Gasteiger partial charge on any atom is 0.151 e. The van der Waals surface area contributed by atoms with Crippen LogP contribution in [0.5, 0.6) is 0 Å². The van der Waals surface area contributed by atoms with Crippen LogP contribution in [0.4, 0.5) is 0 Å². The van der Waals surface area contributed by atoms with Crippen molar-refractivity contribution in [3.8, 4) is 0 Å². The van der Waals surface area contributed by atoms with E-state index in [0.717, 1.165) is 11.8 Å². The number of rotatable bonds is 3. The molecule has 0 saturated heterocycles. The minimum atomic E-state index is -0.198. The molecule has 0 fully saturated rings. The van der Waals surface area contributed by atoms with E-state index in [-0.39, 0.29) is 5.92 Å². The molecule has 0 radical (unpaired) electrons. The fourth-order valence-electron chi connectivity index (χ4n) is 1.01. The summed E-state index contributed by atoms with van der Waals surface area (Å²) in [4.78, 5) is 21.0. The monoisotopic (exact) mass is 196 g/mol. The van der Waals surface area contributed by atoms with Gasteiger partial charge >= 0.3 is 0 Å². The van der Waals surface area contributed by atoms with Gasteiger partial charge in [-0.05, 0) is 17.7 Å². The molecule has 0 aromatic heterocycles. The van der Waals surface area contributed by atoms with Gasteiger partial charge in [0, 0.05) is 11.5 Å². The highest BCUT2D eigenvalue weighted by molar-refractivity contribution is 6.32. The second-order valence-electron chi connectivity index (χ2n) is 2.82. The molecule has 1 unspecified atom stereocenters. The predicted octanol–water partition coefficient (Wildman–Crippen LogP) is 2.45. The first-order valence-corrected chi connectivity index (χ1v) is 4.26. The van der Waals surface area contributed by atoms with Gasteiger partial charge in [-0.3, -0.25) is 4.79 Å². The maximum atomic E-state index is 10.5. The largest absolute Gasteiger partial charge is 0.303 e. The Morgan fingerprint density at radius 3 is 2.62 bits per heavy atom. The number of aldehydes is 2. The third kappa shape index (κ3) is 2.16. The summed E-state index contributed by atoms with van der Waals surface area (Å²) in [5.74, 6) is -0.198. The third-order valence-electron chi connectivity index (χ3n) is 1.88. The zero-order chi connectivity index (χ0) is 9.84. The highest BCUT2D eigenvalue weighted by atomic mass is 35.5. The second-order valence-corrected chi connectivity index (χ2v) is 3.23. The average Bonchev–Trinajstić information content (AvgIpc) is 2.17. The van der Waals surface area contributed by atoms with Crippen LogP contribution < -0.4 is 0 Å². The van der Waals surface area contributed by atoms with Crippen molar-refractivity contribution >= 4 is 24.2 Å². The molecule has 13 heavy (non-hydrogen) atoms. The van der Waals surface area contributed by atoms with Crippen LogP contribution in [0.2, 0.25) is 5.02 Å². The van der Waals surface area contributed by atoms with Crippen LogP contribution in [0.15, 0.2) is 18.2 Å². The summed E-state index contributed by atoms with van der Waals surface area (Å²) in [5, 5.41) is 0.414. The van der Waals surface area contributed by atoms with Gasteiger partial charge in [-0.2, -0.15) is 0 Å². The van der Waals surface area contributed by atoms with Gasteiger partial charge in [0.1, 0.15) is 6.29 Å². The van der Waals surface area contributed by atoms with Gasteiger partial charge < -0.3 is 4.79 Å². The van der Waals surface area contributed by atoms with Crippen molar-refractivity contribution in [2.75, 3.05) is 0 Å². The summed E-state index contributed by atoms with van der Waals surface area (Å²) in [6.07, 6.45) is 1.52. The SMILES string of the molecule is CC(C=O)c1ccc(Cl)c(C=O)c1. The summed E-state index contributed by atoms with van der Waals surface area (Å²) >= 11 is 5.72. The molecule has 0 heterocycles. The topological polar surface area (TPSA) is 34.1 Å². The van der Waals surface area contributed by atoms with Gasteiger partial charge in [0.25, 0.3) is 0 Å². The van der Waals surface area contributed by atoms with Crippen molar-refractivity contribution in [2.24, 2.45) is 0 Å². The van der Waals surface area contributed by atoms with Crippen molar-refractivity contribution in [3.63, 3.8) is 0 Å². The molecule has 0 amide bonds. The van der Waals surface area contributed by atoms with E-state index in [1.807, 2.05) is 0 Å². The predicted molar refractivity (Wildman–Crippen MR) is 51.3 cm³/mol. The van der Waals surface area contributed by atoms with Crippen LogP contribution in [0, 0.1) is 0 Å². The quantitative estimate of drug-likeness (QED) is 0.696. The Morgan fingerprint density at radius 1 is 1.38 bits per heavy atom. The molecule has 0 N–H and O–H groups in total. The van der Waals surface area contributed by atoms with Crippen LogP contribution in [-0.2, 0) is 4.79 Å². The van der Waals surface area contributed by atoms with E-state index in [1.165, 1.54) is 0 Å². The van der Waals surface area contributed by atoms with E-state index in [1.54, 1.807) is 25.1 Å². The Hall–Kier alpha value is -1.15. The zero-order valence-corrected chi connectivity index (χ0v) is 7.91. The fraction of sp³-hybridized carbons (Fsp3) is 0.200. The lowest BCUT2D eigenvalue weighted by Crippen LogP contribution is -1.95. The molecule has 2 nitrogen and oxygen atoms in total. The highest BCUT2D eigenvalue weighted by Gasteiger charge is 2.06. The number of carbonyl (C=O) groups is 2. The van der Waals surface area contributed by atoms with Gasteiger partial charge in [-0.1, -0.05) is 24.6 Å². The van der Waals surface area contributed by atoms with Crippen molar-refractivity contribution in [1.29, 1.82) is 0 Å². The first-order valence-electron chi connectivity index (χ1n) is 3.89. The maximum absolute atomic E-state index is 10.5.